The summed E-state index contributed by atoms with van der Waals surface area (Å²) in [5, 5.41) is 5.61. The highest BCUT2D eigenvalue weighted by atomic mass is 16.5. The van der Waals surface area contributed by atoms with Crippen LogP contribution in [0.3, 0.4) is 0 Å². The average Bonchev–Trinajstić information content (AvgIpc) is 2.94. The lowest BCUT2D eigenvalue weighted by Gasteiger charge is -2.26. The minimum Gasteiger partial charge on any atom is -0.493 e. The lowest BCUT2D eigenvalue weighted by atomic mass is 10.1. The Balaban J connectivity index is 1.24. The molecule has 10 heteroatoms. The number of methoxy groups -OCH3 is 1. The van der Waals surface area contributed by atoms with Gasteiger partial charge in [0, 0.05) is 47.1 Å². The maximum absolute atomic E-state index is 12.5. The van der Waals surface area contributed by atoms with Gasteiger partial charge >= 0.3 is 6.03 Å². The van der Waals surface area contributed by atoms with E-state index in [0.29, 0.717) is 41.8 Å². The van der Waals surface area contributed by atoms with E-state index in [2.05, 4.69) is 25.6 Å². The molecule has 3 amide bonds. The SMILES string of the molecule is COc1cnc(-c2ccc(NC(=O)Nc3ccc(N4CCOCC4=O)cc3)cc2)nc1-c1ccncc1. The number of anilines is 3. The lowest BCUT2D eigenvalue weighted by molar-refractivity contribution is -0.125. The van der Waals surface area contributed by atoms with Crippen LogP contribution in [0, 0.1) is 0 Å². The number of nitrogens with one attached hydrogen (secondary N) is 2. The normalized spacial score (nSPS) is 13.2. The highest BCUT2D eigenvalue weighted by Gasteiger charge is 2.20. The van der Waals surface area contributed by atoms with Gasteiger partial charge in [-0.1, -0.05) is 0 Å². The number of hydrogen-bond acceptors (Lipinski definition) is 7. The first-order valence-electron chi connectivity index (χ1n) is 11.6. The number of hydrogen-bond donors (Lipinski definition) is 2. The van der Waals surface area contributed by atoms with Gasteiger partial charge in [-0.15, -0.1) is 0 Å². The standard InChI is InChI=1S/C27H24N6O4/c1-36-23-16-29-26(32-25(23)18-10-12-28-13-11-18)19-2-4-20(5-3-19)30-27(35)31-21-6-8-22(9-7-21)33-14-15-37-17-24(33)34/h2-13,16H,14-15,17H2,1H3,(H2,30,31,35). The second-order valence-corrected chi connectivity index (χ2v) is 8.15. The number of urea groups is 1. The lowest BCUT2D eigenvalue weighted by Crippen LogP contribution is -2.41. The maximum Gasteiger partial charge on any atom is 0.323 e. The zero-order valence-electron chi connectivity index (χ0n) is 20.0. The van der Waals surface area contributed by atoms with Gasteiger partial charge in [-0.3, -0.25) is 9.78 Å². The number of benzene rings is 2. The van der Waals surface area contributed by atoms with Crippen LogP contribution < -0.4 is 20.3 Å². The molecule has 5 rings (SSSR count). The summed E-state index contributed by atoms with van der Waals surface area (Å²) in [5.74, 6) is 1.01. The Kier molecular flexibility index (Phi) is 7.00. The second kappa shape index (κ2) is 10.8. The Labute approximate surface area is 213 Å². The fraction of sp³-hybridized carbons (Fsp3) is 0.148. The molecule has 0 unspecified atom stereocenters. The van der Waals surface area contributed by atoms with Gasteiger partial charge in [0.25, 0.3) is 5.91 Å². The zero-order chi connectivity index (χ0) is 25.6. The summed E-state index contributed by atoms with van der Waals surface area (Å²) < 4.78 is 10.6. The molecule has 0 radical (unpaired) electrons. The third-order valence-corrected chi connectivity index (χ3v) is 5.75. The topological polar surface area (TPSA) is 119 Å². The average molecular weight is 497 g/mol. The van der Waals surface area contributed by atoms with Gasteiger partial charge in [0.2, 0.25) is 0 Å². The molecule has 1 saturated heterocycles. The van der Waals surface area contributed by atoms with Crippen LogP contribution in [0.15, 0.2) is 79.3 Å². The predicted molar refractivity (Wildman–Crippen MR) is 140 cm³/mol. The number of carbonyl (C=O) groups is 2. The van der Waals surface area contributed by atoms with Gasteiger partial charge in [-0.05, 0) is 60.7 Å². The van der Waals surface area contributed by atoms with Crippen molar-refractivity contribution >= 4 is 29.0 Å². The third-order valence-electron chi connectivity index (χ3n) is 5.75. The quantitative estimate of drug-likeness (QED) is 0.410. The van der Waals surface area contributed by atoms with Crippen molar-refractivity contribution in [2.45, 2.75) is 0 Å². The number of aromatic nitrogens is 3. The van der Waals surface area contributed by atoms with Crippen molar-refractivity contribution in [2.24, 2.45) is 0 Å². The number of rotatable bonds is 6. The minimum atomic E-state index is -0.386. The summed E-state index contributed by atoms with van der Waals surface area (Å²) in [5.41, 5.74) is 4.31. The van der Waals surface area contributed by atoms with Crippen LogP contribution in [0.5, 0.6) is 5.75 Å². The largest absolute Gasteiger partial charge is 0.493 e. The zero-order valence-corrected chi connectivity index (χ0v) is 20.0. The van der Waals surface area contributed by atoms with E-state index in [1.165, 1.54) is 0 Å². The molecular formula is C27H24N6O4. The van der Waals surface area contributed by atoms with Crippen LogP contribution in [0.2, 0.25) is 0 Å². The monoisotopic (exact) mass is 496 g/mol. The molecule has 2 aromatic carbocycles. The molecule has 2 aromatic heterocycles. The Bertz CT molecular complexity index is 1400. The van der Waals surface area contributed by atoms with E-state index in [1.54, 1.807) is 67.0 Å². The molecule has 0 atom stereocenters. The summed E-state index contributed by atoms with van der Waals surface area (Å²) in [6.45, 7) is 1.09. The first-order chi connectivity index (χ1) is 18.1. The number of ether oxygens (including phenoxy) is 2. The molecule has 1 fully saturated rings. The molecule has 0 bridgehead atoms. The van der Waals surface area contributed by atoms with Crippen molar-refractivity contribution in [3.8, 4) is 28.4 Å². The van der Waals surface area contributed by atoms with E-state index in [-0.39, 0.29) is 18.5 Å². The molecular weight excluding hydrogens is 472 g/mol. The van der Waals surface area contributed by atoms with Crippen LogP contribution in [0.25, 0.3) is 22.6 Å². The van der Waals surface area contributed by atoms with Gasteiger partial charge in [-0.2, -0.15) is 0 Å². The first kappa shape index (κ1) is 23.9. The molecule has 4 aromatic rings. The van der Waals surface area contributed by atoms with Crippen LogP contribution in [0.4, 0.5) is 21.9 Å². The van der Waals surface area contributed by atoms with Crippen LogP contribution in [-0.4, -0.2) is 53.8 Å². The minimum absolute atomic E-state index is 0.0810. The van der Waals surface area contributed by atoms with Crippen molar-refractivity contribution in [3.05, 3.63) is 79.3 Å². The van der Waals surface area contributed by atoms with Crippen molar-refractivity contribution in [1.82, 2.24) is 15.0 Å². The van der Waals surface area contributed by atoms with Crippen LogP contribution >= 0.6 is 0 Å². The molecule has 0 saturated carbocycles. The van der Waals surface area contributed by atoms with E-state index in [0.717, 1.165) is 16.8 Å². The number of pyridine rings is 1. The summed E-state index contributed by atoms with van der Waals surface area (Å²) in [7, 11) is 1.58. The smallest absolute Gasteiger partial charge is 0.323 e. The van der Waals surface area contributed by atoms with Crippen molar-refractivity contribution in [3.63, 3.8) is 0 Å². The molecule has 186 valence electrons. The molecule has 0 spiro atoms. The third kappa shape index (κ3) is 5.54. The van der Waals surface area contributed by atoms with E-state index in [4.69, 9.17) is 9.47 Å². The molecule has 2 N–H and O–H groups in total. The Morgan fingerprint density at radius 1 is 0.946 bits per heavy atom. The summed E-state index contributed by atoms with van der Waals surface area (Å²) in [6.07, 6.45) is 5.03. The Hall–Kier alpha value is -4.83. The van der Waals surface area contributed by atoms with E-state index in [9.17, 15) is 9.59 Å². The van der Waals surface area contributed by atoms with E-state index >= 15 is 0 Å². The number of nitrogens with zero attached hydrogens (tertiary/aromatic N) is 4. The Morgan fingerprint density at radius 3 is 2.27 bits per heavy atom. The summed E-state index contributed by atoms with van der Waals surface area (Å²) >= 11 is 0. The predicted octanol–water partition coefficient (Wildman–Crippen LogP) is 4.22. The molecule has 1 aliphatic rings. The first-order valence-corrected chi connectivity index (χ1v) is 11.6. The highest BCUT2D eigenvalue weighted by Crippen LogP contribution is 2.29. The molecule has 37 heavy (non-hydrogen) atoms. The molecule has 0 aliphatic carbocycles. The number of morpholine rings is 1. The van der Waals surface area contributed by atoms with Gasteiger partial charge in [-0.25, -0.2) is 14.8 Å². The molecule has 1 aliphatic heterocycles. The van der Waals surface area contributed by atoms with Crippen molar-refractivity contribution < 1.29 is 19.1 Å². The van der Waals surface area contributed by atoms with Crippen molar-refractivity contribution in [1.29, 1.82) is 0 Å². The van der Waals surface area contributed by atoms with Crippen LogP contribution in [0.1, 0.15) is 0 Å². The van der Waals surface area contributed by atoms with Crippen molar-refractivity contribution in [2.75, 3.05) is 42.4 Å². The fourth-order valence-corrected chi connectivity index (χ4v) is 3.89. The van der Waals surface area contributed by atoms with Gasteiger partial charge in [0.15, 0.2) is 11.6 Å². The Morgan fingerprint density at radius 2 is 1.62 bits per heavy atom. The maximum atomic E-state index is 12.5. The van der Waals surface area contributed by atoms with Gasteiger partial charge < -0.3 is 25.0 Å². The van der Waals surface area contributed by atoms with E-state index < -0.39 is 0 Å². The molecule has 3 heterocycles. The second-order valence-electron chi connectivity index (χ2n) is 8.15. The number of amides is 3. The fourth-order valence-electron chi connectivity index (χ4n) is 3.89. The summed E-state index contributed by atoms with van der Waals surface area (Å²) in [4.78, 5) is 39.3. The van der Waals surface area contributed by atoms with E-state index in [1.807, 2.05) is 24.3 Å². The number of carbonyl (C=O) groups excluding carboxylic acids is 2. The molecule has 10 nitrogen and oxygen atoms in total. The van der Waals surface area contributed by atoms with Crippen LogP contribution in [-0.2, 0) is 9.53 Å². The van der Waals surface area contributed by atoms with Gasteiger partial charge in [0.05, 0.1) is 19.9 Å². The highest BCUT2D eigenvalue weighted by molar-refractivity contribution is 6.00. The summed E-state index contributed by atoms with van der Waals surface area (Å²) in [6, 6.07) is 17.7. The van der Waals surface area contributed by atoms with Gasteiger partial charge in [0.1, 0.15) is 12.3 Å².